The van der Waals surface area contributed by atoms with Crippen LogP contribution in [-0.4, -0.2) is 26.6 Å². The number of nitro benzene ring substituents is 1. The minimum atomic E-state index is -0.532. The zero-order valence-corrected chi connectivity index (χ0v) is 15.0. The number of aromatic nitrogens is 2. The monoisotopic (exact) mass is 386 g/mol. The number of imidazole rings is 1. The van der Waals surface area contributed by atoms with Gasteiger partial charge in [0, 0.05) is 28.8 Å². The van der Waals surface area contributed by atoms with Crippen molar-refractivity contribution >= 4 is 34.4 Å². The Labute approximate surface area is 164 Å². The molecular formula is C21H14N4O4. The summed E-state index contributed by atoms with van der Waals surface area (Å²) in [4.78, 5) is 42.4. The highest BCUT2D eigenvalue weighted by atomic mass is 16.6. The van der Waals surface area contributed by atoms with Crippen molar-refractivity contribution in [3.63, 3.8) is 0 Å². The van der Waals surface area contributed by atoms with Gasteiger partial charge in [0.2, 0.25) is 5.95 Å². The molecule has 0 bridgehead atoms. The number of nitrogens with one attached hydrogen (secondary N) is 2. The van der Waals surface area contributed by atoms with Crippen molar-refractivity contribution in [3.05, 3.63) is 99.6 Å². The molecule has 8 heteroatoms. The first-order chi connectivity index (χ1) is 14.0. The van der Waals surface area contributed by atoms with Crippen LogP contribution in [0.3, 0.4) is 0 Å². The molecule has 0 spiro atoms. The zero-order chi connectivity index (χ0) is 20.4. The van der Waals surface area contributed by atoms with E-state index in [2.05, 4.69) is 15.3 Å². The Morgan fingerprint density at radius 3 is 2.28 bits per heavy atom. The van der Waals surface area contributed by atoms with Crippen LogP contribution in [0, 0.1) is 10.1 Å². The highest BCUT2D eigenvalue weighted by Crippen LogP contribution is 2.19. The van der Waals surface area contributed by atoms with Gasteiger partial charge in [-0.3, -0.25) is 25.0 Å². The molecule has 3 aromatic carbocycles. The van der Waals surface area contributed by atoms with Crippen LogP contribution in [-0.2, 0) is 0 Å². The summed E-state index contributed by atoms with van der Waals surface area (Å²) in [5.74, 6) is -0.356. The van der Waals surface area contributed by atoms with E-state index in [1.807, 2.05) is 6.07 Å². The number of nitrogens with zero attached hydrogens (tertiary/aromatic N) is 2. The fourth-order valence-electron chi connectivity index (χ4n) is 2.88. The van der Waals surface area contributed by atoms with Crippen LogP contribution in [0.1, 0.15) is 26.3 Å². The molecule has 29 heavy (non-hydrogen) atoms. The van der Waals surface area contributed by atoms with Gasteiger partial charge in [0.15, 0.2) is 5.78 Å². The van der Waals surface area contributed by atoms with Crippen molar-refractivity contribution in [2.75, 3.05) is 5.32 Å². The first-order valence-electron chi connectivity index (χ1n) is 8.66. The Hall–Kier alpha value is -4.33. The zero-order valence-electron chi connectivity index (χ0n) is 15.0. The maximum atomic E-state index is 12.6. The number of carbonyl (C=O) groups is 2. The third kappa shape index (κ3) is 3.72. The number of anilines is 1. The molecule has 0 saturated carbocycles. The van der Waals surface area contributed by atoms with E-state index in [1.54, 1.807) is 42.5 Å². The molecule has 1 amide bonds. The van der Waals surface area contributed by atoms with Gasteiger partial charge in [0.1, 0.15) is 0 Å². The quantitative estimate of drug-likeness (QED) is 0.306. The van der Waals surface area contributed by atoms with Gasteiger partial charge in [-0.05, 0) is 30.3 Å². The summed E-state index contributed by atoms with van der Waals surface area (Å²) in [6, 6.07) is 19.2. The number of nitro groups is 1. The molecule has 1 aromatic heterocycles. The third-order valence-corrected chi connectivity index (χ3v) is 4.35. The molecule has 0 aliphatic rings. The van der Waals surface area contributed by atoms with Crippen LogP contribution in [0.25, 0.3) is 11.0 Å². The first-order valence-corrected chi connectivity index (χ1v) is 8.66. The summed E-state index contributed by atoms with van der Waals surface area (Å²) >= 11 is 0. The van der Waals surface area contributed by atoms with Gasteiger partial charge in [0.05, 0.1) is 16.0 Å². The number of ketones is 1. The van der Waals surface area contributed by atoms with Crippen molar-refractivity contribution in [3.8, 4) is 0 Å². The largest absolute Gasteiger partial charge is 0.324 e. The number of hydrogen-bond acceptors (Lipinski definition) is 5. The Morgan fingerprint density at radius 2 is 1.59 bits per heavy atom. The van der Waals surface area contributed by atoms with E-state index in [9.17, 15) is 19.7 Å². The van der Waals surface area contributed by atoms with E-state index in [-0.39, 0.29) is 23.0 Å². The Bertz CT molecular complexity index is 1230. The summed E-state index contributed by atoms with van der Waals surface area (Å²) in [5, 5.41) is 13.3. The Balaban J connectivity index is 1.55. The van der Waals surface area contributed by atoms with Crippen LogP contribution in [0.5, 0.6) is 0 Å². The van der Waals surface area contributed by atoms with E-state index < -0.39 is 10.8 Å². The van der Waals surface area contributed by atoms with Gasteiger partial charge in [-0.2, -0.15) is 0 Å². The normalized spacial score (nSPS) is 10.6. The second-order valence-electron chi connectivity index (χ2n) is 6.27. The fraction of sp³-hybridized carbons (Fsp3) is 0. The van der Waals surface area contributed by atoms with Crippen molar-refractivity contribution < 1.29 is 14.5 Å². The van der Waals surface area contributed by atoms with Crippen LogP contribution in [0.2, 0.25) is 0 Å². The number of hydrogen-bond donors (Lipinski definition) is 2. The third-order valence-electron chi connectivity index (χ3n) is 4.35. The van der Waals surface area contributed by atoms with Gasteiger partial charge in [-0.15, -0.1) is 0 Å². The van der Waals surface area contributed by atoms with Gasteiger partial charge in [-0.25, -0.2) is 4.98 Å². The van der Waals surface area contributed by atoms with Crippen molar-refractivity contribution in [2.24, 2.45) is 0 Å². The lowest BCUT2D eigenvalue weighted by molar-refractivity contribution is -0.384. The average molecular weight is 386 g/mol. The van der Waals surface area contributed by atoms with Gasteiger partial charge >= 0.3 is 0 Å². The van der Waals surface area contributed by atoms with E-state index in [0.717, 1.165) is 0 Å². The van der Waals surface area contributed by atoms with Crippen LogP contribution >= 0.6 is 0 Å². The van der Waals surface area contributed by atoms with Crippen molar-refractivity contribution in [1.82, 2.24) is 9.97 Å². The maximum absolute atomic E-state index is 12.6. The SMILES string of the molecule is O=C(Nc1nc2ccc(C(=O)c3ccccc3)cc2[nH]1)c1ccc([N+](=O)[O-])cc1. The predicted molar refractivity (Wildman–Crippen MR) is 107 cm³/mol. The minimum Gasteiger partial charge on any atom is -0.324 e. The Morgan fingerprint density at radius 1 is 0.897 bits per heavy atom. The number of non-ortho nitro benzene ring substituents is 1. The number of benzene rings is 3. The number of fused-ring (bicyclic) bond motifs is 1. The summed E-state index contributed by atoms with van der Waals surface area (Å²) in [6.45, 7) is 0. The Kier molecular flexibility index (Phi) is 4.58. The molecule has 0 fully saturated rings. The molecule has 4 rings (SSSR count). The second-order valence-corrected chi connectivity index (χ2v) is 6.27. The molecule has 4 aromatic rings. The summed E-state index contributed by atoms with van der Waals surface area (Å²) in [7, 11) is 0. The number of carbonyl (C=O) groups excluding carboxylic acids is 2. The van der Waals surface area contributed by atoms with E-state index in [1.165, 1.54) is 24.3 Å². The van der Waals surface area contributed by atoms with Crippen molar-refractivity contribution in [2.45, 2.75) is 0 Å². The second kappa shape index (κ2) is 7.35. The highest BCUT2D eigenvalue weighted by Gasteiger charge is 2.14. The van der Waals surface area contributed by atoms with Gasteiger partial charge < -0.3 is 4.98 Å². The predicted octanol–water partition coefficient (Wildman–Crippen LogP) is 3.95. The van der Waals surface area contributed by atoms with Crippen LogP contribution in [0.15, 0.2) is 72.8 Å². The standard InChI is InChI=1S/C21H14N4O4/c26-19(13-4-2-1-3-5-13)15-8-11-17-18(12-15)23-21(22-17)24-20(27)14-6-9-16(10-7-14)25(28)29/h1-12H,(H2,22,23,24,27). The average Bonchev–Trinajstić information content (AvgIpc) is 3.15. The van der Waals surface area contributed by atoms with E-state index in [4.69, 9.17) is 0 Å². The number of aromatic amines is 1. The molecule has 2 N–H and O–H groups in total. The van der Waals surface area contributed by atoms with Crippen molar-refractivity contribution in [1.29, 1.82) is 0 Å². The molecule has 0 atom stereocenters. The topological polar surface area (TPSA) is 118 Å². The molecule has 1 heterocycles. The summed E-state index contributed by atoms with van der Waals surface area (Å²) in [5.41, 5.74) is 2.44. The summed E-state index contributed by atoms with van der Waals surface area (Å²) < 4.78 is 0. The number of amides is 1. The molecule has 0 unspecified atom stereocenters. The van der Waals surface area contributed by atoms with E-state index >= 15 is 0 Å². The molecule has 0 saturated heterocycles. The molecule has 0 aliphatic carbocycles. The fourth-order valence-corrected chi connectivity index (χ4v) is 2.88. The smallest absolute Gasteiger partial charge is 0.269 e. The number of H-pyrrole nitrogens is 1. The molecule has 8 nitrogen and oxygen atoms in total. The maximum Gasteiger partial charge on any atom is 0.269 e. The van der Waals surface area contributed by atoms with E-state index in [0.29, 0.717) is 22.2 Å². The minimum absolute atomic E-state index is 0.0964. The summed E-state index contributed by atoms with van der Waals surface area (Å²) in [6.07, 6.45) is 0. The first kappa shape index (κ1) is 18.1. The molecule has 142 valence electrons. The molecule has 0 radical (unpaired) electrons. The highest BCUT2D eigenvalue weighted by molar-refractivity contribution is 6.10. The number of rotatable bonds is 5. The lowest BCUT2D eigenvalue weighted by Crippen LogP contribution is -2.12. The van der Waals surface area contributed by atoms with Crippen LogP contribution in [0.4, 0.5) is 11.6 Å². The lowest BCUT2D eigenvalue weighted by Gasteiger charge is -2.01. The molecule has 0 aliphatic heterocycles. The van der Waals surface area contributed by atoms with Crippen LogP contribution < -0.4 is 5.32 Å². The molecular weight excluding hydrogens is 372 g/mol. The van der Waals surface area contributed by atoms with Gasteiger partial charge in [0.25, 0.3) is 11.6 Å². The van der Waals surface area contributed by atoms with Gasteiger partial charge in [-0.1, -0.05) is 30.3 Å². The lowest BCUT2D eigenvalue weighted by atomic mass is 10.0.